The molecular weight excluding hydrogens is 330 g/mol. The van der Waals surface area contributed by atoms with Crippen LogP contribution < -0.4 is 10.6 Å². The second-order valence-corrected chi connectivity index (χ2v) is 6.45. The van der Waals surface area contributed by atoms with Crippen LogP contribution in [0.5, 0.6) is 0 Å². The lowest BCUT2D eigenvalue weighted by Crippen LogP contribution is -2.25. The smallest absolute Gasteiger partial charge is 0.263 e. The molecule has 0 spiro atoms. The number of amides is 1. The Morgan fingerprint density at radius 1 is 1.16 bits per heavy atom. The minimum atomic E-state index is -0.350. The molecule has 5 heteroatoms. The molecule has 2 aromatic carbocycles. The molecule has 4 nitrogen and oxygen atoms in total. The lowest BCUT2D eigenvalue weighted by Gasteiger charge is -2.09. The molecule has 0 saturated heterocycles. The van der Waals surface area contributed by atoms with Crippen LogP contribution in [0.3, 0.4) is 0 Å². The second kappa shape index (κ2) is 10.2. The molecule has 0 bridgehead atoms. The van der Waals surface area contributed by atoms with Crippen molar-refractivity contribution in [2.75, 3.05) is 11.9 Å². The summed E-state index contributed by atoms with van der Waals surface area (Å²) in [7, 11) is 0. The van der Waals surface area contributed by atoms with Crippen LogP contribution in [0.2, 0.25) is 0 Å². The molecule has 0 saturated carbocycles. The number of benzene rings is 2. The Bertz CT molecular complexity index is 766. The molecule has 2 aromatic rings. The number of hydrogen-bond donors (Lipinski definition) is 2. The number of anilines is 1. The zero-order valence-corrected chi connectivity index (χ0v) is 15.0. The molecule has 0 aliphatic rings. The summed E-state index contributed by atoms with van der Waals surface area (Å²) in [6.07, 6.45) is 3.36. The monoisotopic (exact) mass is 351 g/mol. The van der Waals surface area contributed by atoms with Crippen LogP contribution in [0.25, 0.3) is 0 Å². The van der Waals surface area contributed by atoms with Gasteiger partial charge in [0.25, 0.3) is 5.91 Å². The number of carbonyl (C=O) groups is 1. The average molecular weight is 351 g/mol. The van der Waals surface area contributed by atoms with E-state index in [2.05, 4.69) is 17.6 Å². The first-order valence-electron chi connectivity index (χ1n) is 8.21. The molecular formula is C20H21N3OS. The predicted molar refractivity (Wildman–Crippen MR) is 102 cm³/mol. The van der Waals surface area contributed by atoms with Gasteiger partial charge in [0.05, 0.1) is 5.69 Å². The molecule has 0 aromatic heterocycles. The molecule has 0 radical (unpaired) electrons. The lowest BCUT2D eigenvalue weighted by molar-refractivity contribution is -0.117. The molecule has 0 heterocycles. The lowest BCUT2D eigenvalue weighted by atomic mass is 10.2. The SMILES string of the molecule is CCCCNC(=O)/C(C#N)=C\Nc1ccccc1Sc1ccccc1. The van der Waals surface area contributed by atoms with Crippen molar-refractivity contribution in [2.24, 2.45) is 0 Å². The van der Waals surface area contributed by atoms with Gasteiger partial charge in [-0.3, -0.25) is 4.79 Å². The van der Waals surface area contributed by atoms with Gasteiger partial charge < -0.3 is 10.6 Å². The van der Waals surface area contributed by atoms with E-state index in [1.165, 1.54) is 6.20 Å². The van der Waals surface area contributed by atoms with E-state index < -0.39 is 0 Å². The topological polar surface area (TPSA) is 64.9 Å². The molecule has 2 N–H and O–H groups in total. The van der Waals surface area contributed by atoms with Gasteiger partial charge in [0.1, 0.15) is 11.6 Å². The number of nitrogens with zero attached hydrogens (tertiary/aromatic N) is 1. The van der Waals surface area contributed by atoms with Crippen molar-refractivity contribution >= 4 is 23.4 Å². The minimum absolute atomic E-state index is 0.0654. The van der Waals surface area contributed by atoms with Gasteiger partial charge in [-0.25, -0.2) is 0 Å². The van der Waals surface area contributed by atoms with E-state index in [4.69, 9.17) is 0 Å². The fraction of sp³-hybridized carbons (Fsp3) is 0.200. The Labute approximate surface area is 152 Å². The number of unbranched alkanes of at least 4 members (excludes halogenated alkanes) is 1. The first-order chi connectivity index (χ1) is 12.2. The van der Waals surface area contributed by atoms with Crippen LogP contribution in [0.4, 0.5) is 5.69 Å². The van der Waals surface area contributed by atoms with Crippen LogP contribution in [-0.2, 0) is 4.79 Å². The Balaban J connectivity index is 2.08. The van der Waals surface area contributed by atoms with Gasteiger partial charge in [0.15, 0.2) is 0 Å². The number of rotatable bonds is 8. The normalized spacial score (nSPS) is 10.8. The second-order valence-electron chi connectivity index (χ2n) is 5.33. The summed E-state index contributed by atoms with van der Waals surface area (Å²) in [5.74, 6) is -0.350. The maximum absolute atomic E-state index is 12.0. The Kier molecular flexibility index (Phi) is 7.61. The van der Waals surface area contributed by atoms with Crippen molar-refractivity contribution in [1.29, 1.82) is 5.26 Å². The highest BCUT2D eigenvalue weighted by Gasteiger charge is 2.09. The Morgan fingerprint density at radius 3 is 2.60 bits per heavy atom. The van der Waals surface area contributed by atoms with Crippen molar-refractivity contribution in [3.63, 3.8) is 0 Å². The summed E-state index contributed by atoms with van der Waals surface area (Å²) in [6.45, 7) is 2.63. The molecule has 1 amide bonds. The van der Waals surface area contributed by atoms with Crippen LogP contribution >= 0.6 is 11.8 Å². The predicted octanol–water partition coefficient (Wildman–Crippen LogP) is 4.57. The highest BCUT2D eigenvalue weighted by molar-refractivity contribution is 7.99. The molecule has 25 heavy (non-hydrogen) atoms. The third-order valence-electron chi connectivity index (χ3n) is 3.41. The first kappa shape index (κ1) is 18.6. The van der Waals surface area contributed by atoms with Gasteiger partial charge in [-0.1, -0.05) is 55.4 Å². The highest BCUT2D eigenvalue weighted by atomic mass is 32.2. The Morgan fingerprint density at radius 2 is 1.88 bits per heavy atom. The standard InChI is InChI=1S/C20H21N3OS/c1-2-3-13-22-20(24)16(14-21)15-23-18-11-7-8-12-19(18)25-17-9-5-4-6-10-17/h4-12,15,23H,2-3,13H2,1H3,(H,22,24)/b16-15-. The van der Waals surface area contributed by atoms with Crippen molar-refractivity contribution < 1.29 is 4.79 Å². The third kappa shape index (κ3) is 6.02. The molecule has 2 rings (SSSR count). The molecule has 0 unspecified atom stereocenters. The van der Waals surface area contributed by atoms with Crippen LogP contribution in [-0.4, -0.2) is 12.5 Å². The van der Waals surface area contributed by atoms with E-state index in [9.17, 15) is 10.1 Å². The quantitative estimate of drug-likeness (QED) is 0.415. The highest BCUT2D eigenvalue weighted by Crippen LogP contribution is 2.33. The van der Waals surface area contributed by atoms with Gasteiger partial charge in [-0.15, -0.1) is 0 Å². The van der Waals surface area contributed by atoms with E-state index >= 15 is 0 Å². The minimum Gasteiger partial charge on any atom is -0.359 e. The van der Waals surface area contributed by atoms with Crippen molar-refractivity contribution in [3.05, 3.63) is 66.4 Å². The maximum Gasteiger partial charge on any atom is 0.263 e. The molecule has 128 valence electrons. The number of hydrogen-bond acceptors (Lipinski definition) is 4. The fourth-order valence-electron chi connectivity index (χ4n) is 2.06. The van der Waals surface area contributed by atoms with Gasteiger partial charge in [-0.2, -0.15) is 5.26 Å². The summed E-state index contributed by atoms with van der Waals surface area (Å²) in [5.41, 5.74) is 0.918. The summed E-state index contributed by atoms with van der Waals surface area (Å²) < 4.78 is 0. The number of carbonyl (C=O) groups excluding carboxylic acids is 1. The molecule has 0 atom stereocenters. The molecule has 0 fully saturated rings. The first-order valence-corrected chi connectivity index (χ1v) is 9.03. The fourth-order valence-corrected chi connectivity index (χ4v) is 2.99. The maximum atomic E-state index is 12.0. The van der Waals surface area contributed by atoms with Gasteiger partial charge >= 0.3 is 0 Å². The van der Waals surface area contributed by atoms with Crippen molar-refractivity contribution in [3.8, 4) is 6.07 Å². The van der Waals surface area contributed by atoms with E-state index in [-0.39, 0.29) is 11.5 Å². The van der Waals surface area contributed by atoms with Crippen LogP contribution in [0.1, 0.15) is 19.8 Å². The van der Waals surface area contributed by atoms with E-state index in [0.717, 1.165) is 28.3 Å². The summed E-state index contributed by atoms with van der Waals surface area (Å²) >= 11 is 1.62. The number of nitrogens with one attached hydrogen (secondary N) is 2. The van der Waals surface area contributed by atoms with Gasteiger partial charge in [-0.05, 0) is 30.7 Å². The van der Waals surface area contributed by atoms with E-state index in [0.29, 0.717) is 6.54 Å². The van der Waals surface area contributed by atoms with E-state index in [1.807, 2.05) is 60.7 Å². The largest absolute Gasteiger partial charge is 0.359 e. The summed E-state index contributed by atoms with van der Waals surface area (Å²) in [4.78, 5) is 14.1. The average Bonchev–Trinajstić information content (AvgIpc) is 2.64. The third-order valence-corrected chi connectivity index (χ3v) is 4.49. The van der Waals surface area contributed by atoms with Gasteiger partial charge in [0.2, 0.25) is 0 Å². The van der Waals surface area contributed by atoms with E-state index in [1.54, 1.807) is 11.8 Å². The molecule has 0 aliphatic heterocycles. The Hall–Kier alpha value is -2.71. The number of nitriles is 1. The van der Waals surface area contributed by atoms with Gasteiger partial charge in [0, 0.05) is 22.5 Å². The number of para-hydroxylation sites is 1. The van der Waals surface area contributed by atoms with Crippen molar-refractivity contribution in [2.45, 2.75) is 29.6 Å². The van der Waals surface area contributed by atoms with Crippen LogP contribution in [0.15, 0.2) is 76.2 Å². The zero-order valence-electron chi connectivity index (χ0n) is 14.2. The van der Waals surface area contributed by atoms with Crippen molar-refractivity contribution in [1.82, 2.24) is 5.32 Å². The molecule has 0 aliphatic carbocycles. The van der Waals surface area contributed by atoms with Crippen LogP contribution in [0, 0.1) is 11.3 Å². The summed E-state index contributed by atoms with van der Waals surface area (Å²) in [5, 5.41) is 15.1. The zero-order chi connectivity index (χ0) is 17.9. The summed E-state index contributed by atoms with van der Waals surface area (Å²) in [6, 6.07) is 19.8.